The third-order valence-corrected chi connectivity index (χ3v) is 4.29. The number of allylic oxidation sites excluding steroid dienone is 1. The minimum absolute atomic E-state index is 0.0739. The average Bonchev–Trinajstić information content (AvgIpc) is 2.76. The number of hydroxylamine groups is 1. The van der Waals surface area contributed by atoms with Crippen LogP contribution in [0, 0.1) is 0 Å². The summed E-state index contributed by atoms with van der Waals surface area (Å²) in [6.45, 7) is 5.82. The number of nitrogens with zero attached hydrogens (tertiary/aromatic N) is 1. The molecule has 1 aromatic carbocycles. The van der Waals surface area contributed by atoms with Crippen LogP contribution in [0.25, 0.3) is 5.76 Å². The molecule has 0 saturated carbocycles. The van der Waals surface area contributed by atoms with Crippen molar-refractivity contribution in [3.8, 4) is 5.75 Å². The molecule has 0 fully saturated rings. The summed E-state index contributed by atoms with van der Waals surface area (Å²) in [6, 6.07) is 11.6. The SMILES string of the molecule is CC=C(ONCCCCCC(=O)NCc1cccnc1)c1ccc(OCC)cc1. The van der Waals surface area contributed by atoms with Gasteiger partial charge in [-0.15, -0.1) is 0 Å². The highest BCUT2D eigenvalue weighted by molar-refractivity contribution is 5.75. The zero-order chi connectivity index (χ0) is 20.7. The van der Waals surface area contributed by atoms with Crippen molar-refractivity contribution < 1.29 is 14.4 Å². The second-order valence-electron chi connectivity index (χ2n) is 6.56. The number of nitrogens with one attached hydrogen (secondary N) is 2. The van der Waals surface area contributed by atoms with Gasteiger partial charge in [0.2, 0.25) is 5.91 Å². The predicted octanol–water partition coefficient (Wildman–Crippen LogP) is 4.24. The molecule has 0 aliphatic heterocycles. The Labute approximate surface area is 173 Å². The number of amides is 1. The van der Waals surface area contributed by atoms with Crippen molar-refractivity contribution in [2.24, 2.45) is 0 Å². The first kappa shape index (κ1) is 22.4. The maximum Gasteiger partial charge on any atom is 0.220 e. The van der Waals surface area contributed by atoms with Crippen LogP contribution in [0.1, 0.15) is 50.7 Å². The van der Waals surface area contributed by atoms with Crippen LogP contribution in [0.2, 0.25) is 0 Å². The third kappa shape index (κ3) is 8.79. The van der Waals surface area contributed by atoms with E-state index < -0.39 is 0 Å². The van der Waals surface area contributed by atoms with Gasteiger partial charge in [-0.1, -0.05) is 12.5 Å². The number of aromatic nitrogens is 1. The van der Waals surface area contributed by atoms with Gasteiger partial charge in [-0.3, -0.25) is 9.78 Å². The Morgan fingerprint density at radius 3 is 2.66 bits per heavy atom. The molecule has 6 nitrogen and oxygen atoms in total. The van der Waals surface area contributed by atoms with Crippen LogP contribution in [0.4, 0.5) is 0 Å². The summed E-state index contributed by atoms with van der Waals surface area (Å²) in [5.41, 5.74) is 5.01. The molecule has 0 radical (unpaired) electrons. The van der Waals surface area contributed by atoms with E-state index in [0.717, 1.165) is 48.4 Å². The molecule has 29 heavy (non-hydrogen) atoms. The fourth-order valence-electron chi connectivity index (χ4n) is 2.75. The van der Waals surface area contributed by atoms with Gasteiger partial charge < -0.3 is 14.9 Å². The van der Waals surface area contributed by atoms with E-state index in [0.29, 0.717) is 19.6 Å². The van der Waals surface area contributed by atoms with Crippen LogP contribution in [-0.2, 0) is 16.2 Å². The Balaban J connectivity index is 1.55. The number of benzene rings is 1. The van der Waals surface area contributed by atoms with E-state index >= 15 is 0 Å². The van der Waals surface area contributed by atoms with Crippen molar-refractivity contribution in [3.05, 3.63) is 66.0 Å². The first-order valence-corrected chi connectivity index (χ1v) is 10.2. The van der Waals surface area contributed by atoms with Crippen LogP contribution in [0.5, 0.6) is 5.75 Å². The van der Waals surface area contributed by atoms with Gasteiger partial charge in [0.25, 0.3) is 0 Å². The van der Waals surface area contributed by atoms with E-state index in [2.05, 4.69) is 15.8 Å². The second kappa shape index (κ2) is 13.3. The molecule has 1 heterocycles. The monoisotopic (exact) mass is 397 g/mol. The van der Waals surface area contributed by atoms with Gasteiger partial charge in [0, 0.05) is 37.5 Å². The number of unbranched alkanes of at least 4 members (excludes halogenated alkanes) is 2. The average molecular weight is 398 g/mol. The van der Waals surface area contributed by atoms with Crippen LogP contribution in [-0.4, -0.2) is 24.0 Å². The molecular formula is C23H31N3O3. The fourth-order valence-corrected chi connectivity index (χ4v) is 2.75. The highest BCUT2D eigenvalue weighted by atomic mass is 16.6. The zero-order valence-corrected chi connectivity index (χ0v) is 17.3. The summed E-state index contributed by atoms with van der Waals surface area (Å²) in [5, 5.41) is 2.92. The number of pyridine rings is 1. The molecule has 0 unspecified atom stereocenters. The lowest BCUT2D eigenvalue weighted by atomic mass is 10.2. The van der Waals surface area contributed by atoms with Crippen molar-refractivity contribution in [1.29, 1.82) is 0 Å². The number of rotatable bonds is 13. The van der Waals surface area contributed by atoms with Gasteiger partial charge in [-0.2, -0.15) is 5.48 Å². The van der Waals surface area contributed by atoms with Crippen molar-refractivity contribution >= 4 is 11.7 Å². The summed E-state index contributed by atoms with van der Waals surface area (Å²) in [5.74, 6) is 1.71. The normalized spacial score (nSPS) is 11.2. The molecule has 6 heteroatoms. The van der Waals surface area contributed by atoms with Crippen LogP contribution in [0.3, 0.4) is 0 Å². The molecule has 0 saturated heterocycles. The molecule has 0 aliphatic carbocycles. The highest BCUT2D eigenvalue weighted by Crippen LogP contribution is 2.19. The smallest absolute Gasteiger partial charge is 0.220 e. The summed E-state index contributed by atoms with van der Waals surface area (Å²) < 4.78 is 5.46. The number of ether oxygens (including phenoxy) is 1. The lowest BCUT2D eigenvalue weighted by Gasteiger charge is -2.11. The van der Waals surface area contributed by atoms with E-state index in [-0.39, 0.29) is 5.91 Å². The largest absolute Gasteiger partial charge is 0.494 e. The number of carbonyl (C=O) groups excluding carboxylic acids is 1. The first-order valence-electron chi connectivity index (χ1n) is 10.2. The number of hydrogen-bond donors (Lipinski definition) is 2. The van der Waals surface area contributed by atoms with E-state index in [1.54, 1.807) is 12.4 Å². The van der Waals surface area contributed by atoms with Crippen LogP contribution >= 0.6 is 0 Å². The minimum atomic E-state index is 0.0739. The van der Waals surface area contributed by atoms with Gasteiger partial charge in [-0.25, -0.2) is 0 Å². The van der Waals surface area contributed by atoms with E-state index in [4.69, 9.17) is 9.57 Å². The Kier molecular flexibility index (Phi) is 10.3. The quantitative estimate of drug-likeness (QED) is 0.300. The lowest BCUT2D eigenvalue weighted by molar-refractivity contribution is -0.121. The Morgan fingerprint density at radius 2 is 1.97 bits per heavy atom. The molecular weight excluding hydrogens is 366 g/mol. The van der Waals surface area contributed by atoms with E-state index in [9.17, 15) is 4.79 Å². The second-order valence-corrected chi connectivity index (χ2v) is 6.56. The maximum atomic E-state index is 11.9. The van der Waals surface area contributed by atoms with Crippen molar-refractivity contribution in [2.75, 3.05) is 13.2 Å². The van der Waals surface area contributed by atoms with Crippen molar-refractivity contribution in [2.45, 2.75) is 46.1 Å². The van der Waals surface area contributed by atoms with Gasteiger partial charge in [0.1, 0.15) is 11.5 Å². The van der Waals surface area contributed by atoms with Crippen LogP contribution in [0.15, 0.2) is 54.9 Å². The van der Waals surface area contributed by atoms with Crippen molar-refractivity contribution in [3.63, 3.8) is 0 Å². The van der Waals surface area contributed by atoms with E-state index in [1.165, 1.54) is 0 Å². The molecule has 1 amide bonds. The first-order chi connectivity index (χ1) is 14.2. The lowest BCUT2D eigenvalue weighted by Crippen LogP contribution is -2.22. The Morgan fingerprint density at radius 1 is 1.14 bits per heavy atom. The fraction of sp³-hybridized carbons (Fsp3) is 0.391. The summed E-state index contributed by atoms with van der Waals surface area (Å²) in [6.07, 6.45) is 8.71. The predicted molar refractivity (Wildman–Crippen MR) is 115 cm³/mol. The zero-order valence-electron chi connectivity index (χ0n) is 17.3. The molecule has 2 rings (SSSR count). The number of carbonyl (C=O) groups is 1. The van der Waals surface area contributed by atoms with E-state index in [1.807, 2.05) is 56.3 Å². The van der Waals surface area contributed by atoms with Gasteiger partial charge in [0.05, 0.1) is 6.61 Å². The molecule has 2 N–H and O–H groups in total. The Bertz CT molecular complexity index is 746. The van der Waals surface area contributed by atoms with Gasteiger partial charge in [0.15, 0.2) is 0 Å². The molecule has 0 bridgehead atoms. The third-order valence-electron chi connectivity index (χ3n) is 4.29. The minimum Gasteiger partial charge on any atom is -0.494 e. The standard InChI is InChI=1S/C23H31N3O3/c1-3-22(20-11-13-21(14-12-20)28-4-2)29-26-16-7-5-6-10-23(27)25-18-19-9-8-15-24-17-19/h3,8-9,11-15,17,26H,4-7,10,16,18H2,1-2H3,(H,25,27). The summed E-state index contributed by atoms with van der Waals surface area (Å²) in [7, 11) is 0. The molecule has 2 aromatic rings. The van der Waals surface area contributed by atoms with Crippen molar-refractivity contribution in [1.82, 2.24) is 15.8 Å². The molecule has 156 valence electrons. The molecule has 0 atom stereocenters. The van der Waals surface area contributed by atoms with Gasteiger partial charge in [-0.05, 0) is 68.7 Å². The topological polar surface area (TPSA) is 72.5 Å². The summed E-state index contributed by atoms with van der Waals surface area (Å²) in [4.78, 5) is 21.6. The summed E-state index contributed by atoms with van der Waals surface area (Å²) >= 11 is 0. The Hall–Kier alpha value is -2.86. The molecule has 0 spiro atoms. The maximum absolute atomic E-state index is 11.9. The number of hydrogen-bond acceptors (Lipinski definition) is 5. The molecule has 0 aliphatic rings. The highest BCUT2D eigenvalue weighted by Gasteiger charge is 2.04. The molecule has 1 aromatic heterocycles. The van der Waals surface area contributed by atoms with Crippen LogP contribution < -0.4 is 15.5 Å². The van der Waals surface area contributed by atoms with Gasteiger partial charge >= 0.3 is 0 Å².